The van der Waals surface area contributed by atoms with Crippen LogP contribution in [0.5, 0.6) is 0 Å². The van der Waals surface area contributed by atoms with E-state index >= 15 is 0 Å². The molecule has 0 aliphatic carbocycles. The summed E-state index contributed by atoms with van der Waals surface area (Å²) in [6.07, 6.45) is 23.3. The van der Waals surface area contributed by atoms with Gasteiger partial charge in [-0.2, -0.15) is 0 Å². The van der Waals surface area contributed by atoms with Crippen LogP contribution in [0.2, 0.25) is 0 Å². The maximum atomic E-state index is 11.9. The predicted octanol–water partition coefficient (Wildman–Crippen LogP) is 8.26. The largest absolute Gasteiger partial charge is 0.472 e. The second kappa shape index (κ2) is 21.6. The van der Waals surface area contributed by atoms with Crippen molar-refractivity contribution in [3.63, 3.8) is 0 Å². The first kappa shape index (κ1) is 32.1. The number of nitrogens with zero attached hydrogens (tertiary/aromatic N) is 1. The Labute approximate surface area is 200 Å². The zero-order chi connectivity index (χ0) is 24.0. The second-order valence-corrected chi connectivity index (χ2v) is 11.6. The van der Waals surface area contributed by atoms with Gasteiger partial charge in [0.15, 0.2) is 0 Å². The molecule has 0 aliphatic rings. The molecule has 0 amide bonds. The van der Waals surface area contributed by atoms with Crippen molar-refractivity contribution in [1.82, 2.24) is 0 Å². The zero-order valence-corrected chi connectivity index (χ0v) is 23.0. The van der Waals surface area contributed by atoms with Crippen LogP contribution in [0.25, 0.3) is 0 Å². The van der Waals surface area contributed by atoms with Gasteiger partial charge in [-0.1, -0.05) is 110 Å². The maximum absolute atomic E-state index is 11.9. The number of rotatable bonds is 25. The summed E-state index contributed by atoms with van der Waals surface area (Å²) in [5.41, 5.74) is 0. The van der Waals surface area contributed by atoms with E-state index in [-0.39, 0.29) is 6.61 Å². The smallest absolute Gasteiger partial charge is 0.327 e. The molecule has 5 nitrogen and oxygen atoms in total. The lowest BCUT2D eigenvalue weighted by Gasteiger charge is -2.29. The first-order valence-corrected chi connectivity index (χ1v) is 15.3. The molecule has 0 rings (SSSR count). The average molecular weight is 479 g/mol. The molecule has 0 radical (unpaired) electrons. The summed E-state index contributed by atoms with van der Waals surface area (Å²) in [5.74, 6) is 0. The van der Waals surface area contributed by atoms with E-state index in [1.54, 1.807) is 0 Å². The highest BCUT2D eigenvalue weighted by Crippen LogP contribution is 2.43. The molecule has 0 spiro atoms. The summed E-state index contributed by atoms with van der Waals surface area (Å²) >= 11 is 0. The SMILES string of the molecule is CCCCCCCCCCCCCCCC[N+](C)(C)CCOP(=O)(O)OCCCCCC. The Hall–Kier alpha value is 0.0700. The molecule has 0 aliphatic heterocycles. The van der Waals surface area contributed by atoms with Gasteiger partial charge in [-0.05, 0) is 19.3 Å². The molecule has 0 saturated carbocycles. The molecule has 1 unspecified atom stereocenters. The first-order valence-electron chi connectivity index (χ1n) is 13.8. The van der Waals surface area contributed by atoms with Gasteiger partial charge in [0, 0.05) is 0 Å². The number of unbranched alkanes of at least 4 members (excludes halogenated alkanes) is 16. The topological polar surface area (TPSA) is 55.8 Å². The molecule has 0 aromatic heterocycles. The van der Waals surface area contributed by atoms with Crippen molar-refractivity contribution in [1.29, 1.82) is 0 Å². The van der Waals surface area contributed by atoms with Gasteiger partial charge in [-0.15, -0.1) is 0 Å². The van der Waals surface area contributed by atoms with Crippen LogP contribution in [0.1, 0.15) is 129 Å². The maximum Gasteiger partial charge on any atom is 0.472 e. The molecular formula is C26H57NO4P+. The molecule has 0 aromatic carbocycles. The highest BCUT2D eigenvalue weighted by molar-refractivity contribution is 7.47. The number of phosphoric acid groups is 1. The van der Waals surface area contributed by atoms with Crippen LogP contribution >= 0.6 is 7.82 Å². The summed E-state index contributed by atoms with van der Waals surface area (Å²) in [6, 6.07) is 0. The minimum Gasteiger partial charge on any atom is -0.327 e. The minimum atomic E-state index is -3.90. The Bertz CT molecular complexity index is 446. The van der Waals surface area contributed by atoms with Crippen LogP contribution in [-0.2, 0) is 13.6 Å². The van der Waals surface area contributed by atoms with E-state index in [9.17, 15) is 9.46 Å². The Morgan fingerprint density at radius 1 is 0.562 bits per heavy atom. The Morgan fingerprint density at radius 3 is 1.41 bits per heavy atom. The Balaban J connectivity index is 3.54. The van der Waals surface area contributed by atoms with Gasteiger partial charge >= 0.3 is 7.82 Å². The molecule has 0 heterocycles. The third kappa shape index (κ3) is 23.2. The van der Waals surface area contributed by atoms with Crippen LogP contribution in [0.15, 0.2) is 0 Å². The van der Waals surface area contributed by atoms with E-state index < -0.39 is 7.82 Å². The number of phosphoric ester groups is 1. The van der Waals surface area contributed by atoms with Crippen molar-refractivity contribution in [3.8, 4) is 0 Å². The fraction of sp³-hybridized carbons (Fsp3) is 1.00. The van der Waals surface area contributed by atoms with Crippen molar-refractivity contribution in [2.24, 2.45) is 0 Å². The summed E-state index contributed by atoms with van der Waals surface area (Å²) < 4.78 is 23.0. The van der Waals surface area contributed by atoms with Crippen LogP contribution in [0.4, 0.5) is 0 Å². The first-order chi connectivity index (χ1) is 15.3. The molecule has 0 fully saturated rings. The van der Waals surface area contributed by atoms with E-state index in [0.29, 0.717) is 6.61 Å². The third-order valence-electron chi connectivity index (χ3n) is 6.32. The fourth-order valence-corrected chi connectivity index (χ4v) is 4.74. The van der Waals surface area contributed by atoms with Gasteiger partial charge in [-0.25, -0.2) is 4.57 Å². The van der Waals surface area contributed by atoms with Crippen molar-refractivity contribution >= 4 is 7.82 Å². The van der Waals surface area contributed by atoms with E-state index in [0.717, 1.165) is 43.3 Å². The number of hydrogen-bond donors (Lipinski definition) is 1. The highest BCUT2D eigenvalue weighted by atomic mass is 31.2. The van der Waals surface area contributed by atoms with E-state index in [4.69, 9.17) is 9.05 Å². The van der Waals surface area contributed by atoms with Gasteiger partial charge in [-0.3, -0.25) is 9.05 Å². The minimum absolute atomic E-state index is 0.258. The van der Waals surface area contributed by atoms with Gasteiger partial charge in [0.2, 0.25) is 0 Å². The van der Waals surface area contributed by atoms with Crippen LogP contribution in [0.3, 0.4) is 0 Å². The standard InChI is InChI=1S/C26H56NO4P/c1-5-7-9-11-12-13-14-15-16-17-18-19-20-21-23-27(3,4)24-26-31-32(28,29)30-25-22-10-8-6-2/h5-26H2,1-4H3/p+1. The monoisotopic (exact) mass is 478 g/mol. The molecule has 1 atom stereocenters. The Morgan fingerprint density at radius 2 is 0.938 bits per heavy atom. The van der Waals surface area contributed by atoms with Gasteiger partial charge in [0.1, 0.15) is 13.2 Å². The zero-order valence-electron chi connectivity index (χ0n) is 22.1. The molecule has 0 aromatic rings. The van der Waals surface area contributed by atoms with E-state index in [1.807, 2.05) is 0 Å². The van der Waals surface area contributed by atoms with E-state index in [2.05, 4.69) is 27.9 Å². The molecule has 32 heavy (non-hydrogen) atoms. The summed E-state index contributed by atoms with van der Waals surface area (Å²) in [4.78, 5) is 9.78. The fourth-order valence-electron chi connectivity index (χ4n) is 4.00. The lowest BCUT2D eigenvalue weighted by molar-refractivity contribution is -0.890. The number of quaternary nitrogens is 1. The molecule has 1 N–H and O–H groups in total. The third-order valence-corrected chi connectivity index (χ3v) is 7.34. The van der Waals surface area contributed by atoms with Crippen LogP contribution < -0.4 is 0 Å². The molecule has 0 saturated heterocycles. The van der Waals surface area contributed by atoms with Gasteiger partial charge < -0.3 is 9.38 Å². The predicted molar refractivity (Wildman–Crippen MR) is 138 cm³/mol. The second-order valence-electron chi connectivity index (χ2n) is 10.2. The van der Waals surface area contributed by atoms with Gasteiger partial charge in [0.05, 0.1) is 27.2 Å². The summed E-state index contributed by atoms with van der Waals surface area (Å²) in [5, 5.41) is 0. The van der Waals surface area contributed by atoms with Crippen molar-refractivity contribution in [3.05, 3.63) is 0 Å². The normalized spacial score (nSPS) is 14.0. The Kier molecular flexibility index (Phi) is 21.6. The van der Waals surface area contributed by atoms with Crippen LogP contribution in [0, 0.1) is 0 Å². The molecule has 0 bridgehead atoms. The van der Waals surface area contributed by atoms with Crippen molar-refractivity contribution in [2.75, 3.05) is 40.4 Å². The summed E-state index contributed by atoms with van der Waals surface area (Å²) in [7, 11) is 0.434. The highest BCUT2D eigenvalue weighted by Gasteiger charge is 2.23. The molecule has 194 valence electrons. The molecular weight excluding hydrogens is 421 g/mol. The molecule has 6 heteroatoms. The average Bonchev–Trinajstić information content (AvgIpc) is 2.73. The lowest BCUT2D eigenvalue weighted by Crippen LogP contribution is -2.42. The van der Waals surface area contributed by atoms with E-state index in [1.165, 1.54) is 89.9 Å². The quantitative estimate of drug-likeness (QED) is 0.0815. The van der Waals surface area contributed by atoms with Crippen LogP contribution in [-0.4, -0.2) is 49.8 Å². The lowest BCUT2D eigenvalue weighted by atomic mass is 10.0. The van der Waals surface area contributed by atoms with Gasteiger partial charge in [0.25, 0.3) is 0 Å². The van der Waals surface area contributed by atoms with Crippen molar-refractivity contribution in [2.45, 2.75) is 129 Å². The number of likely N-dealkylation sites (N-methyl/N-ethyl adjacent to an activating group) is 1. The van der Waals surface area contributed by atoms with Crippen molar-refractivity contribution < 1.29 is 23.0 Å². The summed E-state index contributed by atoms with van der Waals surface area (Å²) in [6.45, 7) is 6.77. The number of hydrogen-bond acceptors (Lipinski definition) is 3.